The van der Waals surface area contributed by atoms with Crippen LogP contribution in [-0.4, -0.2) is 0 Å². The van der Waals surface area contributed by atoms with Crippen molar-refractivity contribution in [1.29, 1.82) is 0 Å². The standard InChI is InChI=1S/C11H14P2/c1-8-9(2)12-13(10(8)3)11-6-4-5-7-11/h4-6H,7H2,1-3H3. The Kier molecular flexibility index (Phi) is 2.45. The van der Waals surface area contributed by atoms with E-state index >= 15 is 0 Å². The van der Waals surface area contributed by atoms with E-state index in [1.807, 2.05) is 0 Å². The second kappa shape index (κ2) is 3.45. The van der Waals surface area contributed by atoms with Crippen LogP contribution < -0.4 is 0 Å². The molecule has 2 rings (SSSR count). The molecule has 0 saturated heterocycles. The molecule has 0 N–H and O–H groups in total. The summed E-state index contributed by atoms with van der Waals surface area (Å²) in [6, 6.07) is 0. The molecule has 13 heavy (non-hydrogen) atoms. The summed E-state index contributed by atoms with van der Waals surface area (Å²) < 4.78 is 0. The van der Waals surface area contributed by atoms with E-state index in [1.165, 1.54) is 6.42 Å². The number of rotatable bonds is 1. The van der Waals surface area contributed by atoms with Gasteiger partial charge in [-0.1, -0.05) is 25.4 Å². The van der Waals surface area contributed by atoms with Crippen LogP contribution in [-0.2, 0) is 0 Å². The van der Waals surface area contributed by atoms with Crippen LogP contribution in [0.3, 0.4) is 0 Å². The Labute approximate surface area is 82.4 Å². The van der Waals surface area contributed by atoms with E-state index in [0.717, 1.165) is 0 Å². The summed E-state index contributed by atoms with van der Waals surface area (Å²) >= 11 is 0. The summed E-state index contributed by atoms with van der Waals surface area (Å²) in [5.41, 5.74) is 1.56. The summed E-state index contributed by atoms with van der Waals surface area (Å²) in [5.74, 6) is 0. The maximum Gasteiger partial charge on any atom is -0.00504 e. The third-order valence-corrected chi connectivity index (χ3v) is 8.53. The smallest absolute Gasteiger partial charge is 0.00504 e. The Balaban J connectivity index is 2.47. The Morgan fingerprint density at radius 2 is 2.08 bits per heavy atom. The van der Waals surface area contributed by atoms with Crippen LogP contribution in [0.2, 0.25) is 0 Å². The maximum atomic E-state index is 2.31. The van der Waals surface area contributed by atoms with Gasteiger partial charge in [-0.15, -0.1) is 0 Å². The van der Waals surface area contributed by atoms with E-state index < -0.39 is 0 Å². The Morgan fingerprint density at radius 3 is 2.54 bits per heavy atom. The zero-order chi connectivity index (χ0) is 9.42. The van der Waals surface area contributed by atoms with Gasteiger partial charge >= 0.3 is 0 Å². The minimum absolute atomic E-state index is 0.0273. The summed E-state index contributed by atoms with van der Waals surface area (Å²) in [6.45, 7) is 6.85. The van der Waals surface area contributed by atoms with Gasteiger partial charge < -0.3 is 0 Å². The summed E-state index contributed by atoms with van der Waals surface area (Å²) in [5, 5.41) is 4.88. The SMILES string of the molecule is Cc1pp(C2=CC=CC2)c(C)c1C. The third kappa shape index (κ3) is 1.54. The van der Waals surface area contributed by atoms with Crippen LogP contribution in [0.25, 0.3) is 5.31 Å². The van der Waals surface area contributed by atoms with Crippen molar-refractivity contribution in [2.24, 2.45) is 0 Å². The molecule has 0 amide bonds. The molecule has 68 valence electrons. The lowest BCUT2D eigenvalue weighted by molar-refractivity contribution is 1.38. The van der Waals surface area contributed by atoms with Gasteiger partial charge in [0.15, 0.2) is 0 Å². The highest BCUT2D eigenvalue weighted by atomic mass is 31.9. The average molecular weight is 208 g/mol. The molecule has 1 heterocycles. The molecule has 0 fully saturated rings. The molecule has 1 aromatic heterocycles. The number of allylic oxidation sites excluding steroid dienone is 4. The first-order valence-electron chi connectivity index (χ1n) is 4.59. The van der Waals surface area contributed by atoms with Gasteiger partial charge in [-0.05, 0) is 56.5 Å². The van der Waals surface area contributed by atoms with Gasteiger partial charge in [0, 0.05) is 0 Å². The predicted molar refractivity (Wildman–Crippen MR) is 63.9 cm³/mol. The minimum atomic E-state index is 0.0273. The Hall–Kier alpha value is -0.310. The van der Waals surface area contributed by atoms with Crippen LogP contribution in [0.1, 0.15) is 22.6 Å². The van der Waals surface area contributed by atoms with Crippen LogP contribution in [0.4, 0.5) is 0 Å². The molecule has 1 aromatic rings. The average Bonchev–Trinajstić information content (AvgIpc) is 2.70. The molecule has 0 radical (unpaired) electrons. The van der Waals surface area contributed by atoms with Crippen molar-refractivity contribution in [3.63, 3.8) is 0 Å². The molecule has 1 unspecified atom stereocenters. The summed E-state index contributed by atoms with van der Waals surface area (Å²) in [7, 11) is 1.60. The number of hydrogen-bond acceptors (Lipinski definition) is 0. The van der Waals surface area contributed by atoms with E-state index in [4.69, 9.17) is 0 Å². The molecule has 0 spiro atoms. The minimum Gasteiger partial charge on any atom is -0.0798 e. The highest BCUT2D eigenvalue weighted by molar-refractivity contribution is 8.06. The van der Waals surface area contributed by atoms with E-state index in [1.54, 1.807) is 29.3 Å². The molecule has 0 saturated carbocycles. The molecule has 1 aliphatic rings. The van der Waals surface area contributed by atoms with Gasteiger partial charge in [0.05, 0.1) is 0 Å². The van der Waals surface area contributed by atoms with Gasteiger partial charge in [-0.3, -0.25) is 0 Å². The van der Waals surface area contributed by atoms with Crippen LogP contribution in [0.5, 0.6) is 0 Å². The van der Waals surface area contributed by atoms with Gasteiger partial charge in [0.1, 0.15) is 0 Å². The molecule has 0 nitrogen and oxygen atoms in total. The van der Waals surface area contributed by atoms with E-state index in [2.05, 4.69) is 39.0 Å². The topological polar surface area (TPSA) is 0 Å². The first-order chi connectivity index (χ1) is 6.20. The summed E-state index contributed by atoms with van der Waals surface area (Å²) in [4.78, 5) is 0. The fourth-order valence-electron chi connectivity index (χ4n) is 1.59. The number of aryl methyl sites for hydroxylation is 1. The van der Waals surface area contributed by atoms with Gasteiger partial charge in [-0.25, -0.2) is 0 Å². The van der Waals surface area contributed by atoms with Crippen molar-refractivity contribution in [3.8, 4) is 0 Å². The van der Waals surface area contributed by atoms with Crippen molar-refractivity contribution >= 4 is 20.4 Å². The molecule has 0 aliphatic heterocycles. The lowest BCUT2D eigenvalue weighted by atomic mass is 10.3. The Morgan fingerprint density at radius 1 is 1.31 bits per heavy atom. The highest BCUT2D eigenvalue weighted by Gasteiger charge is 2.11. The molecule has 0 aromatic carbocycles. The predicted octanol–water partition coefficient (Wildman–Crippen LogP) is 4.98. The summed E-state index contributed by atoms with van der Waals surface area (Å²) in [6.07, 6.45) is 7.97. The Bertz CT molecular complexity index is 394. The second-order valence-corrected chi connectivity index (χ2v) is 8.04. The van der Waals surface area contributed by atoms with Crippen LogP contribution >= 0.6 is 15.1 Å². The quantitative estimate of drug-likeness (QED) is 0.610. The van der Waals surface area contributed by atoms with Crippen molar-refractivity contribution in [3.05, 3.63) is 34.4 Å². The van der Waals surface area contributed by atoms with Gasteiger partial charge in [0.2, 0.25) is 0 Å². The maximum absolute atomic E-state index is 2.31. The van der Waals surface area contributed by atoms with Crippen molar-refractivity contribution in [1.82, 2.24) is 0 Å². The second-order valence-electron chi connectivity index (χ2n) is 3.50. The largest absolute Gasteiger partial charge is 0.0798 e. The molecule has 2 heteroatoms. The zero-order valence-electron chi connectivity index (χ0n) is 8.33. The lowest BCUT2D eigenvalue weighted by Crippen LogP contribution is -1.72. The fourth-order valence-corrected chi connectivity index (χ4v) is 7.08. The normalized spacial score (nSPS) is 17.2. The molecule has 0 bridgehead atoms. The van der Waals surface area contributed by atoms with Crippen LogP contribution in [0.15, 0.2) is 18.2 Å². The highest BCUT2D eigenvalue weighted by Crippen LogP contribution is 2.57. The molecular formula is C11H14P2. The molecule has 1 aliphatic carbocycles. The van der Waals surface area contributed by atoms with Gasteiger partial charge in [-0.2, -0.15) is 0 Å². The first kappa shape index (κ1) is 9.25. The fraction of sp³-hybridized carbons (Fsp3) is 0.364. The van der Waals surface area contributed by atoms with Crippen LogP contribution in [0, 0.1) is 20.8 Å². The monoisotopic (exact) mass is 208 g/mol. The first-order valence-corrected chi connectivity index (χ1v) is 7.53. The van der Waals surface area contributed by atoms with Crippen molar-refractivity contribution in [2.45, 2.75) is 27.2 Å². The zero-order valence-corrected chi connectivity index (χ0v) is 10.1. The third-order valence-electron chi connectivity index (χ3n) is 2.68. The van der Waals surface area contributed by atoms with Crippen molar-refractivity contribution < 1.29 is 0 Å². The number of hydrogen-bond donors (Lipinski definition) is 0. The van der Waals surface area contributed by atoms with E-state index in [9.17, 15) is 0 Å². The lowest BCUT2D eigenvalue weighted by Gasteiger charge is -2.01. The molecular weight excluding hydrogens is 194 g/mol. The van der Waals surface area contributed by atoms with E-state index in [-0.39, 0.29) is 7.21 Å². The van der Waals surface area contributed by atoms with Crippen molar-refractivity contribution in [2.75, 3.05) is 0 Å². The van der Waals surface area contributed by atoms with Gasteiger partial charge in [0.25, 0.3) is 0 Å². The molecule has 1 atom stereocenters. The van der Waals surface area contributed by atoms with E-state index in [0.29, 0.717) is 0 Å².